The van der Waals surface area contributed by atoms with Gasteiger partial charge in [0.1, 0.15) is 5.75 Å². The third-order valence-corrected chi connectivity index (χ3v) is 5.22. The van der Waals surface area contributed by atoms with Crippen LogP contribution in [-0.4, -0.2) is 42.7 Å². The molecule has 1 aromatic heterocycles. The van der Waals surface area contributed by atoms with E-state index < -0.39 is 23.9 Å². The van der Waals surface area contributed by atoms with Crippen molar-refractivity contribution in [1.82, 2.24) is 10.2 Å². The molecule has 3 rings (SSSR count). The molecule has 156 valence electrons. The summed E-state index contributed by atoms with van der Waals surface area (Å²) in [5.74, 6) is -2.11. The van der Waals surface area contributed by atoms with Crippen molar-refractivity contribution < 1.29 is 27.5 Å². The Morgan fingerprint density at radius 3 is 2.38 bits per heavy atom. The minimum Gasteiger partial charge on any atom is -0.406 e. The van der Waals surface area contributed by atoms with Gasteiger partial charge in [-0.15, -0.1) is 13.2 Å². The highest BCUT2D eigenvalue weighted by Crippen LogP contribution is 2.26. The quantitative estimate of drug-likeness (QED) is 0.692. The molecule has 2 heterocycles. The van der Waals surface area contributed by atoms with Crippen LogP contribution in [0.3, 0.4) is 0 Å². The Balaban J connectivity index is 1.54. The lowest BCUT2D eigenvalue weighted by Crippen LogP contribution is -2.41. The molecule has 6 nitrogen and oxygen atoms in total. The minimum atomic E-state index is -4.79. The summed E-state index contributed by atoms with van der Waals surface area (Å²) in [6.07, 6.45) is -2.59. The first-order chi connectivity index (χ1) is 13.8. The van der Waals surface area contributed by atoms with Gasteiger partial charge in [0.05, 0.1) is 6.04 Å². The average Bonchev–Trinajstić information content (AvgIpc) is 3.36. The molecule has 1 fully saturated rings. The van der Waals surface area contributed by atoms with Crippen LogP contribution in [0.1, 0.15) is 24.4 Å². The second-order valence-electron chi connectivity index (χ2n) is 6.55. The van der Waals surface area contributed by atoms with Gasteiger partial charge >= 0.3 is 18.2 Å². The largest absolute Gasteiger partial charge is 0.573 e. The summed E-state index contributed by atoms with van der Waals surface area (Å²) in [5.41, 5.74) is 1.28. The van der Waals surface area contributed by atoms with Gasteiger partial charge in [-0.05, 0) is 72.6 Å². The van der Waals surface area contributed by atoms with Crippen molar-refractivity contribution in [2.75, 3.05) is 25.0 Å². The van der Waals surface area contributed by atoms with E-state index in [4.69, 9.17) is 0 Å². The van der Waals surface area contributed by atoms with Crippen LogP contribution in [0.5, 0.6) is 5.75 Å². The van der Waals surface area contributed by atoms with Gasteiger partial charge in [-0.3, -0.25) is 14.5 Å². The molecule has 0 aliphatic carbocycles. The van der Waals surface area contributed by atoms with Crippen LogP contribution in [0.15, 0.2) is 41.1 Å². The van der Waals surface area contributed by atoms with Crippen molar-refractivity contribution in [2.24, 2.45) is 0 Å². The molecule has 0 radical (unpaired) electrons. The number of likely N-dealkylation sites (tertiary alicyclic amines) is 1. The fourth-order valence-corrected chi connectivity index (χ4v) is 3.88. The van der Waals surface area contributed by atoms with Crippen molar-refractivity contribution in [3.8, 4) is 5.75 Å². The van der Waals surface area contributed by atoms with E-state index in [0.717, 1.165) is 43.6 Å². The molecule has 2 amide bonds. The molecule has 1 saturated heterocycles. The number of ether oxygens (including phenoxy) is 1. The first kappa shape index (κ1) is 21.1. The Kier molecular flexibility index (Phi) is 6.75. The van der Waals surface area contributed by atoms with Gasteiger partial charge in [-0.2, -0.15) is 11.3 Å². The zero-order valence-corrected chi connectivity index (χ0v) is 16.2. The molecule has 10 heteroatoms. The van der Waals surface area contributed by atoms with Crippen LogP contribution in [0.4, 0.5) is 18.9 Å². The van der Waals surface area contributed by atoms with E-state index in [1.54, 1.807) is 11.3 Å². The second kappa shape index (κ2) is 9.27. The predicted octanol–water partition coefficient (Wildman–Crippen LogP) is 3.54. The monoisotopic (exact) mass is 427 g/mol. The predicted molar refractivity (Wildman–Crippen MR) is 103 cm³/mol. The summed E-state index contributed by atoms with van der Waals surface area (Å²) in [7, 11) is 0. The summed E-state index contributed by atoms with van der Waals surface area (Å²) in [4.78, 5) is 26.6. The third kappa shape index (κ3) is 6.20. The van der Waals surface area contributed by atoms with Crippen LogP contribution in [0.2, 0.25) is 0 Å². The Hall–Kier alpha value is -2.59. The van der Waals surface area contributed by atoms with Crippen LogP contribution in [0.25, 0.3) is 0 Å². The van der Waals surface area contributed by atoms with E-state index in [1.807, 2.05) is 16.8 Å². The highest BCUT2D eigenvalue weighted by Gasteiger charge is 2.31. The Morgan fingerprint density at radius 1 is 1.10 bits per heavy atom. The Morgan fingerprint density at radius 2 is 1.79 bits per heavy atom. The minimum absolute atomic E-state index is 0.000647. The number of rotatable bonds is 6. The number of hydrogen-bond donors (Lipinski definition) is 2. The number of amides is 2. The van der Waals surface area contributed by atoms with E-state index in [1.165, 1.54) is 12.1 Å². The maximum atomic E-state index is 12.2. The number of anilines is 1. The molecule has 1 aliphatic heterocycles. The lowest BCUT2D eigenvalue weighted by molar-refractivity contribution is -0.274. The first-order valence-electron chi connectivity index (χ1n) is 9.03. The number of hydrogen-bond acceptors (Lipinski definition) is 5. The SMILES string of the molecule is O=C(NC[C@H](c1ccsc1)N1CCCC1)C(=O)Nc1ccc(OC(F)(F)F)cc1. The lowest BCUT2D eigenvalue weighted by Gasteiger charge is -2.27. The van der Waals surface area contributed by atoms with Crippen molar-refractivity contribution in [1.29, 1.82) is 0 Å². The number of benzene rings is 1. The van der Waals surface area contributed by atoms with E-state index >= 15 is 0 Å². The van der Waals surface area contributed by atoms with Crippen LogP contribution < -0.4 is 15.4 Å². The number of nitrogens with zero attached hydrogens (tertiary/aromatic N) is 1. The van der Waals surface area contributed by atoms with Gasteiger partial charge < -0.3 is 15.4 Å². The fourth-order valence-electron chi connectivity index (χ4n) is 3.17. The smallest absolute Gasteiger partial charge is 0.406 e. The van der Waals surface area contributed by atoms with E-state index in [9.17, 15) is 22.8 Å². The summed E-state index contributed by atoms with van der Waals surface area (Å²) < 4.78 is 40.3. The molecule has 0 spiro atoms. The highest BCUT2D eigenvalue weighted by atomic mass is 32.1. The molecule has 2 N–H and O–H groups in total. The second-order valence-corrected chi connectivity index (χ2v) is 7.33. The summed E-state index contributed by atoms with van der Waals surface area (Å²) in [6, 6.07) is 6.57. The zero-order chi connectivity index (χ0) is 20.9. The van der Waals surface area contributed by atoms with Crippen LogP contribution in [0, 0.1) is 0 Å². The topological polar surface area (TPSA) is 70.7 Å². The molecule has 29 heavy (non-hydrogen) atoms. The summed E-state index contributed by atoms with van der Waals surface area (Å²) in [6.45, 7) is 2.17. The van der Waals surface area contributed by atoms with Crippen molar-refractivity contribution in [3.05, 3.63) is 46.7 Å². The molecule has 1 aliphatic rings. The summed E-state index contributed by atoms with van der Waals surface area (Å²) >= 11 is 1.57. The van der Waals surface area contributed by atoms with Gasteiger partial charge in [0.15, 0.2) is 0 Å². The van der Waals surface area contributed by atoms with Crippen molar-refractivity contribution >= 4 is 28.8 Å². The highest BCUT2D eigenvalue weighted by molar-refractivity contribution is 7.08. The van der Waals surface area contributed by atoms with Gasteiger partial charge in [0.25, 0.3) is 0 Å². The summed E-state index contributed by atoms with van der Waals surface area (Å²) in [5, 5.41) is 9.01. The molecule has 0 bridgehead atoms. The molecule has 1 aromatic carbocycles. The van der Waals surface area contributed by atoms with Crippen LogP contribution >= 0.6 is 11.3 Å². The standard InChI is InChI=1S/C19H20F3N3O3S/c20-19(21,22)28-15-5-3-14(4-6-15)24-18(27)17(26)23-11-16(13-7-10-29-12-13)25-8-1-2-9-25/h3-7,10,12,16H,1-2,8-9,11H2,(H,23,26)(H,24,27)/t16-/m1/s1. The van der Waals surface area contributed by atoms with Gasteiger partial charge in [0.2, 0.25) is 0 Å². The maximum absolute atomic E-state index is 12.2. The van der Waals surface area contributed by atoms with Crippen LogP contribution in [-0.2, 0) is 9.59 Å². The van der Waals surface area contributed by atoms with Gasteiger partial charge in [-0.1, -0.05) is 0 Å². The lowest BCUT2D eigenvalue weighted by atomic mass is 10.1. The zero-order valence-electron chi connectivity index (χ0n) is 15.4. The molecule has 2 aromatic rings. The van der Waals surface area contributed by atoms with E-state index in [-0.39, 0.29) is 11.7 Å². The molecular weight excluding hydrogens is 407 g/mol. The molecule has 0 unspecified atom stereocenters. The number of alkyl halides is 3. The molecule has 1 atom stereocenters. The number of carbonyl (C=O) groups excluding carboxylic acids is 2. The number of nitrogens with one attached hydrogen (secondary N) is 2. The van der Waals surface area contributed by atoms with Crippen molar-refractivity contribution in [2.45, 2.75) is 25.2 Å². The average molecular weight is 427 g/mol. The van der Waals surface area contributed by atoms with Gasteiger partial charge in [-0.25, -0.2) is 0 Å². The van der Waals surface area contributed by atoms with E-state index in [0.29, 0.717) is 6.54 Å². The Labute approximate surface area is 169 Å². The number of carbonyl (C=O) groups is 2. The maximum Gasteiger partial charge on any atom is 0.573 e. The number of thiophene rings is 1. The Bertz CT molecular complexity index is 819. The normalized spacial score (nSPS) is 15.7. The fraction of sp³-hybridized carbons (Fsp3) is 0.368. The van der Waals surface area contributed by atoms with Crippen molar-refractivity contribution in [3.63, 3.8) is 0 Å². The first-order valence-corrected chi connectivity index (χ1v) is 9.97. The molecular formula is C19H20F3N3O3S. The third-order valence-electron chi connectivity index (χ3n) is 4.52. The molecule has 0 saturated carbocycles. The van der Waals surface area contributed by atoms with Gasteiger partial charge in [0, 0.05) is 12.2 Å². The van der Waals surface area contributed by atoms with E-state index in [2.05, 4.69) is 20.3 Å². The number of halogens is 3.